The topological polar surface area (TPSA) is 9.23 Å². The van der Waals surface area contributed by atoms with E-state index in [1.54, 1.807) is 12.1 Å². The maximum absolute atomic E-state index is 5.78. The molecule has 0 saturated carbocycles. The minimum atomic E-state index is 0.349. The number of hydrogen-bond donors (Lipinski definition) is 0. The Morgan fingerprint density at radius 2 is 1.73 bits per heavy atom. The Hall–Kier alpha value is 0.107. The van der Waals surface area contributed by atoms with Gasteiger partial charge >= 0.3 is 0 Å². The predicted molar refractivity (Wildman–Crippen MR) is 52.0 cm³/mol. The molecular formula is C6H5Cl3OSi. The molecule has 0 fully saturated rings. The van der Waals surface area contributed by atoms with Crippen molar-refractivity contribution in [3.8, 4) is 5.75 Å². The zero-order valence-corrected chi connectivity index (χ0v) is 9.96. The lowest BCUT2D eigenvalue weighted by molar-refractivity contribution is 0.616. The average Bonchev–Trinajstić information content (AvgIpc) is 2.01. The van der Waals surface area contributed by atoms with Crippen molar-refractivity contribution in [2.75, 3.05) is 0 Å². The fourth-order valence-electron chi connectivity index (χ4n) is 0.666. The molecule has 0 aliphatic heterocycles. The number of rotatable bonds is 1. The molecule has 0 saturated heterocycles. The highest BCUT2D eigenvalue weighted by Crippen LogP contribution is 2.36. The van der Waals surface area contributed by atoms with Gasteiger partial charge < -0.3 is 4.43 Å². The number of halogens is 3. The summed E-state index contributed by atoms with van der Waals surface area (Å²) in [6.45, 7) is 0. The molecule has 0 atom stereocenters. The third kappa shape index (κ3) is 1.82. The molecule has 1 rings (SSSR count). The molecule has 0 heterocycles. The van der Waals surface area contributed by atoms with Crippen LogP contribution in [0.25, 0.3) is 0 Å². The van der Waals surface area contributed by atoms with Gasteiger partial charge in [0.1, 0.15) is 10.8 Å². The molecule has 60 valence electrons. The van der Waals surface area contributed by atoms with Crippen LogP contribution >= 0.6 is 34.8 Å². The van der Waals surface area contributed by atoms with E-state index in [-0.39, 0.29) is 0 Å². The maximum atomic E-state index is 5.78. The summed E-state index contributed by atoms with van der Waals surface area (Å²) in [5.74, 6) is 0.590. The lowest BCUT2D eigenvalue weighted by atomic mass is 10.3. The first-order valence-corrected chi connectivity index (χ1v) is 4.79. The second kappa shape index (κ2) is 3.67. The second-order valence-corrected chi connectivity index (χ2v) is 3.45. The molecule has 0 radical (unpaired) electrons. The summed E-state index contributed by atoms with van der Waals surface area (Å²) in [7, 11) is 0.585. The van der Waals surface area contributed by atoms with Gasteiger partial charge in [-0.1, -0.05) is 34.8 Å². The minimum Gasteiger partial charge on any atom is -0.552 e. The molecule has 1 nitrogen and oxygen atoms in total. The Morgan fingerprint density at radius 1 is 1.09 bits per heavy atom. The summed E-state index contributed by atoms with van der Waals surface area (Å²) in [4.78, 5) is 0. The predicted octanol–water partition coefficient (Wildman–Crippen LogP) is 2.31. The average molecular weight is 228 g/mol. The number of hydrogen-bond acceptors (Lipinski definition) is 1. The maximum Gasteiger partial charge on any atom is 0.204 e. The molecule has 5 heteroatoms. The van der Waals surface area contributed by atoms with Crippen molar-refractivity contribution in [1.29, 1.82) is 0 Å². The molecule has 11 heavy (non-hydrogen) atoms. The minimum absolute atomic E-state index is 0.349. The van der Waals surface area contributed by atoms with Crippen LogP contribution in [0.2, 0.25) is 15.1 Å². The van der Waals surface area contributed by atoms with Crippen LogP contribution in [0.4, 0.5) is 0 Å². The molecule has 0 bridgehead atoms. The van der Waals surface area contributed by atoms with Gasteiger partial charge in [-0.25, -0.2) is 0 Å². The Labute approximate surface area is 82.7 Å². The molecule has 0 N–H and O–H groups in total. The fraction of sp³-hybridized carbons (Fsp3) is 0. The SMILES string of the molecule is [SiH3]Oc1ccc(Cl)c(Cl)c1Cl. The van der Waals surface area contributed by atoms with Crippen molar-refractivity contribution in [2.45, 2.75) is 0 Å². The van der Waals surface area contributed by atoms with Gasteiger partial charge in [0.05, 0.1) is 10.0 Å². The normalized spacial score (nSPS) is 10.1. The van der Waals surface area contributed by atoms with E-state index in [1.807, 2.05) is 0 Å². The van der Waals surface area contributed by atoms with Crippen molar-refractivity contribution in [3.63, 3.8) is 0 Å². The zero-order chi connectivity index (χ0) is 8.43. The standard InChI is InChI=1S/C6H5Cl3OSi/c7-3-1-2-4(10-11)6(9)5(3)8/h1-2H,11H3. The third-order valence-electron chi connectivity index (χ3n) is 1.22. The van der Waals surface area contributed by atoms with Crippen molar-refractivity contribution in [2.24, 2.45) is 0 Å². The van der Waals surface area contributed by atoms with Crippen LogP contribution < -0.4 is 4.43 Å². The zero-order valence-electron chi connectivity index (χ0n) is 5.70. The molecule has 0 aliphatic carbocycles. The highest BCUT2D eigenvalue weighted by Gasteiger charge is 2.07. The van der Waals surface area contributed by atoms with E-state index in [1.165, 1.54) is 0 Å². The van der Waals surface area contributed by atoms with Crippen molar-refractivity contribution >= 4 is 45.3 Å². The lowest BCUT2D eigenvalue weighted by Gasteiger charge is -2.05. The monoisotopic (exact) mass is 226 g/mol. The Kier molecular flexibility index (Phi) is 3.07. The number of benzene rings is 1. The van der Waals surface area contributed by atoms with E-state index in [4.69, 9.17) is 39.2 Å². The van der Waals surface area contributed by atoms with E-state index in [9.17, 15) is 0 Å². The van der Waals surface area contributed by atoms with E-state index < -0.39 is 0 Å². The van der Waals surface area contributed by atoms with Gasteiger partial charge in [-0.2, -0.15) is 0 Å². The highest BCUT2D eigenvalue weighted by atomic mass is 35.5. The van der Waals surface area contributed by atoms with E-state index >= 15 is 0 Å². The van der Waals surface area contributed by atoms with Gasteiger partial charge in [0, 0.05) is 0 Å². The lowest BCUT2D eigenvalue weighted by Crippen LogP contribution is -1.86. The Bertz CT molecular complexity index is 277. The van der Waals surface area contributed by atoms with Crippen LogP contribution in [-0.4, -0.2) is 10.5 Å². The van der Waals surface area contributed by atoms with Crippen LogP contribution in [0.15, 0.2) is 12.1 Å². The molecule has 0 unspecified atom stereocenters. The fourth-order valence-corrected chi connectivity index (χ4v) is 1.74. The van der Waals surface area contributed by atoms with E-state index in [2.05, 4.69) is 0 Å². The second-order valence-electron chi connectivity index (χ2n) is 1.88. The summed E-state index contributed by atoms with van der Waals surface area (Å²) < 4.78 is 5.04. The van der Waals surface area contributed by atoms with E-state index in [0.717, 1.165) is 0 Å². The van der Waals surface area contributed by atoms with Gasteiger partial charge in [0.2, 0.25) is 10.5 Å². The summed E-state index contributed by atoms with van der Waals surface area (Å²) >= 11 is 17.2. The van der Waals surface area contributed by atoms with Gasteiger partial charge in [-0.3, -0.25) is 0 Å². The molecule has 0 aromatic heterocycles. The molecule has 0 spiro atoms. The van der Waals surface area contributed by atoms with Crippen molar-refractivity contribution < 1.29 is 4.43 Å². The summed E-state index contributed by atoms with van der Waals surface area (Å²) in [5, 5.41) is 1.18. The van der Waals surface area contributed by atoms with Crippen LogP contribution in [0.3, 0.4) is 0 Å². The van der Waals surface area contributed by atoms with Gasteiger partial charge in [0.15, 0.2) is 0 Å². The molecular weight excluding hydrogens is 223 g/mol. The molecule has 0 amide bonds. The molecule has 0 aliphatic rings. The van der Waals surface area contributed by atoms with Crippen molar-refractivity contribution in [3.05, 3.63) is 27.2 Å². The largest absolute Gasteiger partial charge is 0.552 e. The first-order valence-electron chi connectivity index (χ1n) is 2.84. The highest BCUT2D eigenvalue weighted by molar-refractivity contribution is 6.48. The van der Waals surface area contributed by atoms with E-state index in [0.29, 0.717) is 31.3 Å². The quantitative estimate of drug-likeness (QED) is 0.528. The van der Waals surface area contributed by atoms with Crippen LogP contribution in [0.5, 0.6) is 5.75 Å². The third-order valence-corrected chi connectivity index (χ3v) is 2.94. The Morgan fingerprint density at radius 3 is 2.27 bits per heavy atom. The smallest absolute Gasteiger partial charge is 0.204 e. The van der Waals surface area contributed by atoms with Crippen LogP contribution in [-0.2, 0) is 0 Å². The van der Waals surface area contributed by atoms with Crippen molar-refractivity contribution in [1.82, 2.24) is 0 Å². The van der Waals surface area contributed by atoms with Gasteiger partial charge in [0.25, 0.3) is 0 Å². The summed E-state index contributed by atoms with van der Waals surface area (Å²) in [6.07, 6.45) is 0. The Balaban J connectivity index is 3.25. The molecule has 1 aromatic rings. The first kappa shape index (κ1) is 9.20. The van der Waals surface area contributed by atoms with Gasteiger partial charge in [-0.15, -0.1) is 0 Å². The first-order chi connectivity index (χ1) is 5.16. The summed E-state index contributed by atoms with van der Waals surface area (Å²) in [5.41, 5.74) is 0. The summed E-state index contributed by atoms with van der Waals surface area (Å²) in [6, 6.07) is 3.35. The molecule has 1 aromatic carbocycles. The van der Waals surface area contributed by atoms with Crippen LogP contribution in [0, 0.1) is 0 Å². The van der Waals surface area contributed by atoms with Gasteiger partial charge in [-0.05, 0) is 12.1 Å². The van der Waals surface area contributed by atoms with Crippen LogP contribution in [0.1, 0.15) is 0 Å².